The number of hydrogen-bond donors (Lipinski definition) is 0. The van der Waals surface area contributed by atoms with E-state index in [1.54, 1.807) is 30.1 Å². The van der Waals surface area contributed by atoms with Gasteiger partial charge in [-0.25, -0.2) is 14.1 Å². The van der Waals surface area contributed by atoms with Crippen molar-refractivity contribution in [1.29, 1.82) is 0 Å². The van der Waals surface area contributed by atoms with E-state index in [-0.39, 0.29) is 5.82 Å². The smallest absolute Gasteiger partial charge is 0.123 e. The van der Waals surface area contributed by atoms with Crippen LogP contribution in [-0.2, 0) is 0 Å². The number of benzene rings is 3. The molecule has 142 valence electrons. The number of hydrogen-bond acceptors (Lipinski definition) is 3. The highest BCUT2D eigenvalue weighted by molar-refractivity contribution is 5.83. The van der Waals surface area contributed by atoms with E-state index in [0.29, 0.717) is 0 Å². The molecule has 5 rings (SSSR count). The number of fused-ring (bicyclic) bond motifs is 1. The first kappa shape index (κ1) is 17.2. The van der Waals surface area contributed by atoms with E-state index in [4.69, 9.17) is 4.74 Å². The molecule has 0 aliphatic carbocycles. The van der Waals surface area contributed by atoms with Crippen LogP contribution in [-0.4, -0.2) is 26.4 Å². The first-order chi connectivity index (χ1) is 14.2. The second kappa shape index (κ2) is 6.91. The maximum absolute atomic E-state index is 13.3. The molecule has 0 bridgehead atoms. The van der Waals surface area contributed by atoms with E-state index < -0.39 is 0 Å². The van der Waals surface area contributed by atoms with Crippen LogP contribution in [0.1, 0.15) is 0 Å². The van der Waals surface area contributed by atoms with Crippen LogP contribution < -0.4 is 4.74 Å². The normalized spacial score (nSPS) is 11.1. The van der Waals surface area contributed by atoms with Gasteiger partial charge in [-0.05, 0) is 66.7 Å². The minimum atomic E-state index is -0.271. The van der Waals surface area contributed by atoms with Gasteiger partial charge in [0.1, 0.15) is 17.9 Å². The van der Waals surface area contributed by atoms with Crippen molar-refractivity contribution < 1.29 is 9.13 Å². The Kier molecular flexibility index (Phi) is 4.09. The minimum Gasteiger partial charge on any atom is -0.497 e. The molecule has 5 nitrogen and oxygen atoms in total. The monoisotopic (exact) mass is 384 g/mol. The van der Waals surface area contributed by atoms with Gasteiger partial charge in [0.15, 0.2) is 0 Å². The Labute approximate surface area is 166 Å². The Morgan fingerprint density at radius 3 is 2.38 bits per heavy atom. The summed E-state index contributed by atoms with van der Waals surface area (Å²) in [6.45, 7) is 0. The summed E-state index contributed by atoms with van der Waals surface area (Å²) in [7, 11) is 1.65. The van der Waals surface area contributed by atoms with Crippen LogP contribution in [0.2, 0.25) is 0 Å². The van der Waals surface area contributed by atoms with Crippen molar-refractivity contribution in [1.82, 2.24) is 19.3 Å². The Morgan fingerprint density at radius 2 is 1.62 bits per heavy atom. The minimum absolute atomic E-state index is 0.271. The van der Waals surface area contributed by atoms with Crippen molar-refractivity contribution >= 4 is 11.0 Å². The van der Waals surface area contributed by atoms with Gasteiger partial charge in [0.05, 0.1) is 35.7 Å². The van der Waals surface area contributed by atoms with Crippen molar-refractivity contribution in [2.24, 2.45) is 0 Å². The lowest BCUT2D eigenvalue weighted by molar-refractivity contribution is 0.415. The molecule has 2 heterocycles. The fourth-order valence-electron chi connectivity index (χ4n) is 3.43. The quantitative estimate of drug-likeness (QED) is 0.437. The molecular weight excluding hydrogens is 367 g/mol. The number of methoxy groups -OCH3 is 1. The fourth-order valence-corrected chi connectivity index (χ4v) is 3.43. The van der Waals surface area contributed by atoms with Gasteiger partial charge in [-0.15, -0.1) is 0 Å². The molecule has 0 N–H and O–H groups in total. The van der Waals surface area contributed by atoms with Crippen LogP contribution in [0.3, 0.4) is 0 Å². The maximum atomic E-state index is 13.3. The molecular formula is C23H17FN4O. The zero-order chi connectivity index (χ0) is 19.8. The fraction of sp³-hybridized carbons (Fsp3) is 0.0435. The molecule has 0 aliphatic rings. The van der Waals surface area contributed by atoms with E-state index >= 15 is 0 Å². The zero-order valence-corrected chi connectivity index (χ0v) is 15.7. The first-order valence-corrected chi connectivity index (χ1v) is 9.15. The third-order valence-electron chi connectivity index (χ3n) is 4.91. The van der Waals surface area contributed by atoms with Gasteiger partial charge < -0.3 is 4.74 Å². The molecule has 5 aromatic rings. The Bertz CT molecular complexity index is 1290. The number of rotatable bonds is 4. The lowest BCUT2D eigenvalue weighted by Crippen LogP contribution is -1.99. The van der Waals surface area contributed by atoms with Crippen LogP contribution in [0.25, 0.3) is 33.7 Å². The van der Waals surface area contributed by atoms with Gasteiger partial charge in [-0.1, -0.05) is 6.07 Å². The SMILES string of the molecule is COc1ccc(-n2cnc3ccc(-c4ccnn4-c4ccc(F)cc4)cc32)cc1. The number of imidazole rings is 1. The van der Waals surface area contributed by atoms with Crippen LogP contribution in [0.15, 0.2) is 85.3 Å². The summed E-state index contributed by atoms with van der Waals surface area (Å²) in [5, 5.41) is 4.42. The van der Waals surface area contributed by atoms with Gasteiger partial charge in [0.2, 0.25) is 0 Å². The summed E-state index contributed by atoms with van der Waals surface area (Å²) in [4.78, 5) is 4.52. The summed E-state index contributed by atoms with van der Waals surface area (Å²) in [6.07, 6.45) is 3.55. The summed E-state index contributed by atoms with van der Waals surface area (Å²) in [5.41, 5.74) is 5.60. The van der Waals surface area contributed by atoms with Crippen molar-refractivity contribution in [2.75, 3.05) is 7.11 Å². The predicted molar refractivity (Wildman–Crippen MR) is 110 cm³/mol. The maximum Gasteiger partial charge on any atom is 0.123 e. The largest absolute Gasteiger partial charge is 0.497 e. The molecule has 0 aliphatic heterocycles. The predicted octanol–water partition coefficient (Wildman–Crippen LogP) is 5.03. The average molecular weight is 384 g/mol. The summed E-state index contributed by atoms with van der Waals surface area (Å²) in [5.74, 6) is 0.536. The van der Waals surface area contributed by atoms with Crippen molar-refractivity contribution in [3.8, 4) is 28.4 Å². The Balaban J connectivity index is 1.61. The molecule has 0 atom stereocenters. The third kappa shape index (κ3) is 3.04. The van der Waals surface area contributed by atoms with Gasteiger partial charge >= 0.3 is 0 Å². The number of ether oxygens (including phenoxy) is 1. The highest BCUT2D eigenvalue weighted by Gasteiger charge is 2.11. The molecule has 0 unspecified atom stereocenters. The molecule has 0 radical (unpaired) electrons. The molecule has 0 spiro atoms. The van der Waals surface area contributed by atoms with Crippen LogP contribution in [0, 0.1) is 5.82 Å². The Hall–Kier alpha value is -3.93. The number of nitrogens with zero attached hydrogens (tertiary/aromatic N) is 4. The second-order valence-corrected chi connectivity index (χ2v) is 6.62. The van der Waals surface area contributed by atoms with E-state index in [0.717, 1.165) is 39.4 Å². The highest BCUT2D eigenvalue weighted by Crippen LogP contribution is 2.28. The standard InChI is InChI=1S/C23H17FN4O/c1-29-20-9-7-18(8-10-20)27-15-25-21-11-2-16(14-23(21)27)22-12-13-26-28(22)19-5-3-17(24)4-6-19/h2-15H,1H3. The van der Waals surface area contributed by atoms with Crippen molar-refractivity contribution in [2.45, 2.75) is 0 Å². The molecule has 0 saturated carbocycles. The van der Waals surface area contributed by atoms with E-state index in [9.17, 15) is 4.39 Å². The lowest BCUT2D eigenvalue weighted by atomic mass is 10.1. The van der Waals surface area contributed by atoms with Gasteiger partial charge in [-0.3, -0.25) is 4.57 Å². The zero-order valence-electron chi connectivity index (χ0n) is 15.7. The lowest BCUT2D eigenvalue weighted by Gasteiger charge is -2.09. The van der Waals surface area contributed by atoms with Crippen molar-refractivity contribution in [3.05, 3.63) is 91.1 Å². The highest BCUT2D eigenvalue weighted by atomic mass is 19.1. The molecule has 29 heavy (non-hydrogen) atoms. The van der Waals surface area contributed by atoms with Gasteiger partial charge in [0, 0.05) is 11.3 Å². The summed E-state index contributed by atoms with van der Waals surface area (Å²) in [6, 6.07) is 22.2. The number of aromatic nitrogens is 4. The summed E-state index contributed by atoms with van der Waals surface area (Å²) >= 11 is 0. The first-order valence-electron chi connectivity index (χ1n) is 9.15. The molecule has 6 heteroatoms. The van der Waals surface area contributed by atoms with Gasteiger partial charge in [-0.2, -0.15) is 5.10 Å². The second-order valence-electron chi connectivity index (χ2n) is 6.62. The summed E-state index contributed by atoms with van der Waals surface area (Å²) < 4.78 is 22.4. The third-order valence-corrected chi connectivity index (χ3v) is 4.91. The average Bonchev–Trinajstić information content (AvgIpc) is 3.41. The molecule has 0 fully saturated rings. The van der Waals surface area contributed by atoms with E-state index in [1.165, 1.54) is 12.1 Å². The van der Waals surface area contributed by atoms with E-state index in [2.05, 4.69) is 16.1 Å². The molecule has 3 aromatic carbocycles. The number of halogens is 1. The van der Waals surface area contributed by atoms with E-state index in [1.807, 2.05) is 53.4 Å². The molecule has 2 aromatic heterocycles. The molecule has 0 saturated heterocycles. The topological polar surface area (TPSA) is 44.9 Å². The molecule has 0 amide bonds. The van der Waals surface area contributed by atoms with Crippen molar-refractivity contribution in [3.63, 3.8) is 0 Å². The Morgan fingerprint density at radius 1 is 0.862 bits per heavy atom. The van der Waals surface area contributed by atoms with Crippen LogP contribution in [0.4, 0.5) is 4.39 Å². The van der Waals surface area contributed by atoms with Gasteiger partial charge in [0.25, 0.3) is 0 Å². The van der Waals surface area contributed by atoms with Crippen LogP contribution in [0.5, 0.6) is 5.75 Å². The van der Waals surface area contributed by atoms with Crippen LogP contribution >= 0.6 is 0 Å².